The Hall–Kier alpha value is -0.0800. The molecule has 0 aromatic rings. The number of unbranched alkanes of at least 4 members (excludes halogenated alkanes) is 11. The van der Waals surface area contributed by atoms with Gasteiger partial charge in [0.2, 0.25) is 0 Å². The standard InChI is InChI=1S/C16H33O2/c1-2-3-4-5-6-7-8-9-10-11-12-13-15-18-16-14-17/h2-16H2,1H3. The molecule has 0 saturated carbocycles. The van der Waals surface area contributed by atoms with Gasteiger partial charge in [0.15, 0.2) is 0 Å². The maximum absolute atomic E-state index is 10.1. The van der Waals surface area contributed by atoms with Crippen LogP contribution in [0.25, 0.3) is 0 Å². The van der Waals surface area contributed by atoms with E-state index in [2.05, 4.69) is 6.92 Å². The molecule has 0 aromatic carbocycles. The third kappa shape index (κ3) is 15.9. The molecular formula is C16H33O2. The molecule has 109 valence electrons. The fraction of sp³-hybridized carbons (Fsp3) is 1.00. The van der Waals surface area contributed by atoms with E-state index in [1.54, 1.807) is 0 Å². The minimum absolute atomic E-state index is 0.0990. The second-order valence-electron chi connectivity index (χ2n) is 5.21. The van der Waals surface area contributed by atoms with Crippen LogP contribution in [-0.4, -0.2) is 19.8 Å². The van der Waals surface area contributed by atoms with Crippen LogP contribution in [-0.2, 0) is 9.84 Å². The number of hydrogen-bond donors (Lipinski definition) is 0. The maximum atomic E-state index is 10.1. The lowest BCUT2D eigenvalue weighted by Crippen LogP contribution is -1.99. The Morgan fingerprint density at radius 1 is 0.611 bits per heavy atom. The first-order valence-corrected chi connectivity index (χ1v) is 8.07. The van der Waals surface area contributed by atoms with Crippen molar-refractivity contribution in [1.82, 2.24) is 0 Å². The van der Waals surface area contributed by atoms with Crippen molar-refractivity contribution in [3.8, 4) is 0 Å². The lowest BCUT2D eigenvalue weighted by molar-refractivity contribution is 0.0618. The highest BCUT2D eigenvalue weighted by atomic mass is 16.5. The molecule has 0 fully saturated rings. The van der Waals surface area contributed by atoms with Gasteiger partial charge in [-0.05, 0) is 6.42 Å². The zero-order valence-electron chi connectivity index (χ0n) is 12.4. The van der Waals surface area contributed by atoms with E-state index in [0.29, 0.717) is 6.61 Å². The Labute approximate surface area is 114 Å². The van der Waals surface area contributed by atoms with Crippen molar-refractivity contribution in [2.24, 2.45) is 0 Å². The number of hydrogen-bond acceptors (Lipinski definition) is 1. The van der Waals surface area contributed by atoms with Gasteiger partial charge >= 0.3 is 0 Å². The molecule has 0 heterocycles. The molecule has 0 saturated heterocycles. The predicted octanol–water partition coefficient (Wildman–Crippen LogP) is 5.13. The van der Waals surface area contributed by atoms with Gasteiger partial charge in [0.05, 0.1) is 6.61 Å². The zero-order valence-corrected chi connectivity index (χ0v) is 12.4. The summed E-state index contributed by atoms with van der Waals surface area (Å²) < 4.78 is 5.16. The van der Waals surface area contributed by atoms with Gasteiger partial charge in [-0.25, -0.2) is 5.11 Å². The molecule has 0 rings (SSSR count). The summed E-state index contributed by atoms with van der Waals surface area (Å²) in [5.74, 6) is 0. The molecule has 0 aromatic heterocycles. The fourth-order valence-corrected chi connectivity index (χ4v) is 2.21. The summed E-state index contributed by atoms with van der Waals surface area (Å²) in [5, 5.41) is 10.1. The molecule has 0 spiro atoms. The summed E-state index contributed by atoms with van der Waals surface area (Å²) in [6, 6.07) is 0. The number of rotatable bonds is 15. The van der Waals surface area contributed by atoms with E-state index < -0.39 is 0 Å². The molecule has 0 amide bonds. The predicted molar refractivity (Wildman–Crippen MR) is 77.5 cm³/mol. The Morgan fingerprint density at radius 2 is 1.06 bits per heavy atom. The molecular weight excluding hydrogens is 224 g/mol. The summed E-state index contributed by atoms with van der Waals surface area (Å²) >= 11 is 0. The normalized spacial score (nSPS) is 11.0. The third-order valence-electron chi connectivity index (χ3n) is 3.37. The van der Waals surface area contributed by atoms with Gasteiger partial charge in [-0.1, -0.05) is 77.6 Å². The molecule has 0 aliphatic carbocycles. The minimum Gasteiger partial charge on any atom is -0.379 e. The largest absolute Gasteiger partial charge is 0.379 e. The monoisotopic (exact) mass is 257 g/mol. The first-order valence-electron chi connectivity index (χ1n) is 8.07. The molecule has 0 aliphatic heterocycles. The molecule has 2 heteroatoms. The second kappa shape index (κ2) is 16.9. The van der Waals surface area contributed by atoms with Gasteiger partial charge in [0.1, 0.15) is 6.61 Å². The summed E-state index contributed by atoms with van der Waals surface area (Å²) in [4.78, 5) is 0. The minimum atomic E-state index is -0.0990. The van der Waals surface area contributed by atoms with Crippen LogP contribution in [0.4, 0.5) is 0 Å². The topological polar surface area (TPSA) is 29.1 Å². The summed E-state index contributed by atoms with van der Waals surface area (Å²) in [5.41, 5.74) is 0. The highest BCUT2D eigenvalue weighted by Crippen LogP contribution is 2.11. The molecule has 0 atom stereocenters. The van der Waals surface area contributed by atoms with E-state index in [4.69, 9.17) is 4.74 Å². The van der Waals surface area contributed by atoms with Crippen LogP contribution < -0.4 is 0 Å². The van der Waals surface area contributed by atoms with E-state index in [-0.39, 0.29) is 6.61 Å². The fourth-order valence-electron chi connectivity index (χ4n) is 2.21. The quantitative estimate of drug-likeness (QED) is 0.374. The van der Waals surface area contributed by atoms with Crippen molar-refractivity contribution < 1.29 is 9.84 Å². The van der Waals surface area contributed by atoms with Gasteiger partial charge in [-0.2, -0.15) is 0 Å². The lowest BCUT2D eigenvalue weighted by atomic mass is 10.1. The van der Waals surface area contributed by atoms with Crippen LogP contribution in [0.1, 0.15) is 84.0 Å². The van der Waals surface area contributed by atoms with Crippen LogP contribution in [0.3, 0.4) is 0 Å². The summed E-state index contributed by atoms with van der Waals surface area (Å²) in [7, 11) is 0. The molecule has 0 unspecified atom stereocenters. The molecule has 0 aliphatic rings. The first-order chi connectivity index (χ1) is 8.91. The van der Waals surface area contributed by atoms with Gasteiger partial charge in [-0.3, -0.25) is 0 Å². The van der Waals surface area contributed by atoms with E-state index in [9.17, 15) is 5.11 Å². The van der Waals surface area contributed by atoms with E-state index in [1.807, 2.05) is 0 Å². The van der Waals surface area contributed by atoms with Crippen LogP contribution in [0.15, 0.2) is 0 Å². The van der Waals surface area contributed by atoms with E-state index in [0.717, 1.165) is 13.0 Å². The van der Waals surface area contributed by atoms with Crippen LogP contribution in [0, 0.1) is 0 Å². The third-order valence-corrected chi connectivity index (χ3v) is 3.37. The Balaban J connectivity index is 2.86. The van der Waals surface area contributed by atoms with E-state index >= 15 is 0 Å². The first kappa shape index (κ1) is 17.9. The highest BCUT2D eigenvalue weighted by Gasteiger charge is 1.93. The number of ether oxygens (including phenoxy) is 1. The molecule has 0 bridgehead atoms. The van der Waals surface area contributed by atoms with Crippen molar-refractivity contribution in [2.45, 2.75) is 84.0 Å². The average Bonchev–Trinajstić information content (AvgIpc) is 2.39. The maximum Gasteiger partial charge on any atom is 0.106 e. The highest BCUT2D eigenvalue weighted by molar-refractivity contribution is 4.48. The smallest absolute Gasteiger partial charge is 0.106 e. The lowest BCUT2D eigenvalue weighted by Gasteiger charge is -2.03. The Kier molecular flexibility index (Phi) is 16.8. The van der Waals surface area contributed by atoms with Crippen molar-refractivity contribution in [3.63, 3.8) is 0 Å². The zero-order chi connectivity index (χ0) is 13.3. The Morgan fingerprint density at radius 3 is 1.50 bits per heavy atom. The van der Waals surface area contributed by atoms with Crippen molar-refractivity contribution >= 4 is 0 Å². The van der Waals surface area contributed by atoms with Crippen molar-refractivity contribution in [1.29, 1.82) is 0 Å². The molecule has 18 heavy (non-hydrogen) atoms. The van der Waals surface area contributed by atoms with Crippen LogP contribution in [0.5, 0.6) is 0 Å². The van der Waals surface area contributed by atoms with Gasteiger partial charge < -0.3 is 4.74 Å². The summed E-state index contributed by atoms with van der Waals surface area (Å²) in [6.07, 6.45) is 16.4. The van der Waals surface area contributed by atoms with Gasteiger partial charge in [0.25, 0.3) is 0 Å². The van der Waals surface area contributed by atoms with E-state index in [1.165, 1.54) is 70.6 Å². The summed E-state index contributed by atoms with van der Waals surface area (Å²) in [6.45, 7) is 3.34. The Bertz CT molecular complexity index is 121. The van der Waals surface area contributed by atoms with Gasteiger partial charge in [0, 0.05) is 6.61 Å². The van der Waals surface area contributed by atoms with Crippen molar-refractivity contribution in [3.05, 3.63) is 0 Å². The molecule has 2 nitrogen and oxygen atoms in total. The van der Waals surface area contributed by atoms with Crippen LogP contribution in [0.2, 0.25) is 0 Å². The van der Waals surface area contributed by atoms with Crippen molar-refractivity contribution in [2.75, 3.05) is 19.8 Å². The SMILES string of the molecule is CCCCCCCCCCCCCCOCC[O]. The molecule has 0 N–H and O–H groups in total. The van der Waals surface area contributed by atoms with Crippen LogP contribution >= 0.6 is 0 Å². The molecule has 1 radical (unpaired) electrons. The van der Waals surface area contributed by atoms with Gasteiger partial charge in [-0.15, -0.1) is 0 Å². The second-order valence-corrected chi connectivity index (χ2v) is 5.21. The average molecular weight is 257 g/mol.